The zero-order chi connectivity index (χ0) is 14.8. The number of anilines is 1. The fourth-order valence-electron chi connectivity index (χ4n) is 2.92. The molecule has 1 aromatic carbocycles. The van der Waals surface area contributed by atoms with Crippen molar-refractivity contribution in [3.8, 4) is 0 Å². The number of carbonyl (C=O) groups is 1. The molecule has 1 aromatic heterocycles. The Labute approximate surface area is 124 Å². The Morgan fingerprint density at radius 3 is 2.76 bits per heavy atom. The van der Waals surface area contributed by atoms with Gasteiger partial charge < -0.3 is 15.2 Å². The Balaban J connectivity index is 1.78. The minimum atomic E-state index is 0.0978. The quantitative estimate of drug-likeness (QED) is 0.919. The van der Waals surface area contributed by atoms with E-state index in [0.29, 0.717) is 18.3 Å². The Hall–Kier alpha value is -2.30. The molecular formula is C16H20N4O. The highest BCUT2D eigenvalue weighted by Crippen LogP contribution is 2.28. The summed E-state index contributed by atoms with van der Waals surface area (Å²) in [6, 6.07) is 9.68. The SMILES string of the molecule is CC1CCN(C(=O)c2ccccc2)CC1n1cnc(N)c1. The normalized spacial score (nSPS) is 22.2. The first kappa shape index (κ1) is 13.7. The number of piperidine rings is 1. The van der Waals surface area contributed by atoms with Crippen molar-refractivity contribution < 1.29 is 4.79 Å². The predicted molar refractivity (Wildman–Crippen MR) is 81.8 cm³/mol. The van der Waals surface area contributed by atoms with Crippen LogP contribution in [0.2, 0.25) is 0 Å². The van der Waals surface area contributed by atoms with E-state index >= 15 is 0 Å². The average molecular weight is 284 g/mol. The van der Waals surface area contributed by atoms with E-state index in [0.717, 1.165) is 18.5 Å². The van der Waals surface area contributed by atoms with Gasteiger partial charge in [-0.05, 0) is 24.5 Å². The summed E-state index contributed by atoms with van der Waals surface area (Å²) in [7, 11) is 0. The van der Waals surface area contributed by atoms with Crippen LogP contribution in [0, 0.1) is 5.92 Å². The maximum Gasteiger partial charge on any atom is 0.253 e. The molecule has 1 aliphatic rings. The highest BCUT2D eigenvalue weighted by Gasteiger charge is 2.30. The molecule has 2 N–H and O–H groups in total. The number of hydrogen-bond donors (Lipinski definition) is 1. The van der Waals surface area contributed by atoms with Gasteiger partial charge >= 0.3 is 0 Å². The van der Waals surface area contributed by atoms with Gasteiger partial charge in [-0.25, -0.2) is 4.98 Å². The molecular weight excluding hydrogens is 264 g/mol. The van der Waals surface area contributed by atoms with Crippen molar-refractivity contribution in [3.63, 3.8) is 0 Å². The van der Waals surface area contributed by atoms with Gasteiger partial charge in [-0.3, -0.25) is 4.79 Å². The largest absolute Gasteiger partial charge is 0.382 e. The predicted octanol–water partition coefficient (Wildman–Crippen LogP) is 2.19. The second-order valence-corrected chi connectivity index (χ2v) is 5.70. The molecule has 1 fully saturated rings. The lowest BCUT2D eigenvalue weighted by atomic mass is 9.93. The second kappa shape index (κ2) is 5.60. The van der Waals surface area contributed by atoms with E-state index in [1.54, 1.807) is 6.33 Å². The molecule has 2 atom stereocenters. The molecule has 0 radical (unpaired) electrons. The van der Waals surface area contributed by atoms with Gasteiger partial charge in [0, 0.05) is 24.8 Å². The van der Waals surface area contributed by atoms with Gasteiger partial charge in [0.05, 0.1) is 12.4 Å². The average Bonchev–Trinajstić information content (AvgIpc) is 2.94. The molecule has 3 rings (SSSR count). The fourth-order valence-corrected chi connectivity index (χ4v) is 2.92. The lowest BCUT2D eigenvalue weighted by Crippen LogP contribution is -2.43. The Morgan fingerprint density at radius 2 is 2.10 bits per heavy atom. The summed E-state index contributed by atoms with van der Waals surface area (Å²) in [5.41, 5.74) is 6.45. The molecule has 0 bridgehead atoms. The summed E-state index contributed by atoms with van der Waals surface area (Å²) >= 11 is 0. The van der Waals surface area contributed by atoms with Crippen LogP contribution in [0.5, 0.6) is 0 Å². The van der Waals surface area contributed by atoms with Gasteiger partial charge in [-0.1, -0.05) is 25.1 Å². The lowest BCUT2D eigenvalue weighted by Gasteiger charge is -2.37. The Bertz CT molecular complexity index is 622. The van der Waals surface area contributed by atoms with Gasteiger partial charge in [0.2, 0.25) is 0 Å². The van der Waals surface area contributed by atoms with Crippen LogP contribution in [0.25, 0.3) is 0 Å². The zero-order valence-corrected chi connectivity index (χ0v) is 12.1. The van der Waals surface area contributed by atoms with E-state index in [2.05, 4.69) is 11.9 Å². The number of amides is 1. The number of carbonyl (C=O) groups excluding carboxylic acids is 1. The maximum absolute atomic E-state index is 12.6. The molecule has 0 saturated carbocycles. The van der Waals surface area contributed by atoms with Crippen molar-refractivity contribution in [3.05, 3.63) is 48.4 Å². The molecule has 5 nitrogen and oxygen atoms in total. The van der Waals surface area contributed by atoms with Gasteiger partial charge in [0.25, 0.3) is 5.91 Å². The van der Waals surface area contributed by atoms with E-state index in [1.807, 2.05) is 46.0 Å². The first-order valence-electron chi connectivity index (χ1n) is 7.28. The molecule has 21 heavy (non-hydrogen) atoms. The van der Waals surface area contributed by atoms with Crippen LogP contribution < -0.4 is 5.73 Å². The zero-order valence-electron chi connectivity index (χ0n) is 12.1. The summed E-state index contributed by atoms with van der Waals surface area (Å²) in [5, 5.41) is 0. The smallest absolute Gasteiger partial charge is 0.253 e. The van der Waals surface area contributed by atoms with Crippen LogP contribution in [0.4, 0.5) is 5.82 Å². The molecule has 5 heteroatoms. The van der Waals surface area contributed by atoms with Crippen molar-refractivity contribution >= 4 is 11.7 Å². The molecule has 2 heterocycles. The number of hydrogen-bond acceptors (Lipinski definition) is 3. The number of aromatic nitrogens is 2. The summed E-state index contributed by atoms with van der Waals surface area (Å²) in [6.45, 7) is 3.71. The van der Waals surface area contributed by atoms with Crippen molar-refractivity contribution in [1.82, 2.24) is 14.5 Å². The Kier molecular flexibility index (Phi) is 3.64. The third kappa shape index (κ3) is 2.77. The van der Waals surface area contributed by atoms with Crippen LogP contribution in [0.1, 0.15) is 29.7 Å². The molecule has 1 saturated heterocycles. The summed E-state index contributed by atoms with van der Waals surface area (Å²) in [4.78, 5) is 18.6. The van der Waals surface area contributed by atoms with Crippen molar-refractivity contribution in [2.24, 2.45) is 5.92 Å². The maximum atomic E-state index is 12.6. The van der Waals surface area contributed by atoms with Gasteiger partial charge in [-0.2, -0.15) is 0 Å². The van der Waals surface area contributed by atoms with Gasteiger partial charge in [0.1, 0.15) is 5.82 Å². The summed E-state index contributed by atoms with van der Waals surface area (Å²) in [6.07, 6.45) is 4.59. The monoisotopic (exact) mass is 284 g/mol. The minimum Gasteiger partial charge on any atom is -0.382 e. The molecule has 1 aliphatic heterocycles. The number of nitrogen functional groups attached to an aromatic ring is 1. The van der Waals surface area contributed by atoms with Crippen LogP contribution >= 0.6 is 0 Å². The number of benzene rings is 1. The molecule has 0 spiro atoms. The fraction of sp³-hybridized carbons (Fsp3) is 0.375. The second-order valence-electron chi connectivity index (χ2n) is 5.70. The number of likely N-dealkylation sites (tertiary alicyclic amines) is 1. The topological polar surface area (TPSA) is 64.2 Å². The van der Waals surface area contributed by atoms with Crippen LogP contribution in [-0.2, 0) is 0 Å². The van der Waals surface area contributed by atoms with Gasteiger partial charge in [0.15, 0.2) is 0 Å². The minimum absolute atomic E-state index is 0.0978. The lowest BCUT2D eigenvalue weighted by molar-refractivity contribution is 0.0621. The van der Waals surface area contributed by atoms with Gasteiger partial charge in [-0.15, -0.1) is 0 Å². The van der Waals surface area contributed by atoms with Crippen molar-refractivity contribution in [1.29, 1.82) is 0 Å². The van der Waals surface area contributed by atoms with E-state index in [9.17, 15) is 4.79 Å². The molecule has 2 unspecified atom stereocenters. The number of imidazole rings is 1. The summed E-state index contributed by atoms with van der Waals surface area (Å²) in [5.74, 6) is 1.12. The highest BCUT2D eigenvalue weighted by molar-refractivity contribution is 5.94. The number of rotatable bonds is 2. The molecule has 0 aliphatic carbocycles. The van der Waals surface area contributed by atoms with E-state index in [4.69, 9.17) is 5.73 Å². The third-order valence-electron chi connectivity index (χ3n) is 4.23. The van der Waals surface area contributed by atoms with Crippen LogP contribution in [0.15, 0.2) is 42.9 Å². The summed E-state index contributed by atoms with van der Waals surface area (Å²) < 4.78 is 2.03. The third-order valence-corrected chi connectivity index (χ3v) is 4.23. The van der Waals surface area contributed by atoms with E-state index in [1.165, 1.54) is 0 Å². The molecule has 110 valence electrons. The number of nitrogens with two attached hydrogens (primary N) is 1. The van der Waals surface area contributed by atoms with E-state index in [-0.39, 0.29) is 11.9 Å². The van der Waals surface area contributed by atoms with Crippen LogP contribution in [0.3, 0.4) is 0 Å². The van der Waals surface area contributed by atoms with Crippen LogP contribution in [-0.4, -0.2) is 33.4 Å². The highest BCUT2D eigenvalue weighted by atomic mass is 16.2. The van der Waals surface area contributed by atoms with Crippen molar-refractivity contribution in [2.75, 3.05) is 18.8 Å². The molecule has 2 aromatic rings. The first-order valence-corrected chi connectivity index (χ1v) is 7.28. The first-order chi connectivity index (χ1) is 10.1. The standard InChI is InChI=1S/C16H20N4O/c1-12-7-8-19(16(21)13-5-3-2-4-6-13)9-14(12)20-10-15(17)18-11-20/h2-6,10-12,14H,7-9,17H2,1H3. The van der Waals surface area contributed by atoms with E-state index < -0.39 is 0 Å². The van der Waals surface area contributed by atoms with Crippen molar-refractivity contribution in [2.45, 2.75) is 19.4 Å². The molecule has 1 amide bonds. The number of nitrogens with zero attached hydrogens (tertiary/aromatic N) is 3. The Morgan fingerprint density at radius 1 is 1.33 bits per heavy atom.